The fourth-order valence-electron chi connectivity index (χ4n) is 1.93. The van der Waals surface area contributed by atoms with E-state index in [2.05, 4.69) is 43.6 Å². The molecule has 0 unspecified atom stereocenters. The van der Waals surface area contributed by atoms with Crippen molar-refractivity contribution < 1.29 is 0 Å². The van der Waals surface area contributed by atoms with E-state index in [0.29, 0.717) is 5.15 Å². The van der Waals surface area contributed by atoms with Gasteiger partial charge in [-0.2, -0.15) is 0 Å². The number of pyridine rings is 1. The van der Waals surface area contributed by atoms with Crippen LogP contribution in [0, 0.1) is 11.8 Å². The highest BCUT2D eigenvalue weighted by Crippen LogP contribution is 2.16. The summed E-state index contributed by atoms with van der Waals surface area (Å²) in [5, 5.41) is 0.640. The molecule has 1 heterocycles. The van der Waals surface area contributed by atoms with Gasteiger partial charge in [0, 0.05) is 18.3 Å². The summed E-state index contributed by atoms with van der Waals surface area (Å²) >= 11 is 6.16. The maximum atomic E-state index is 6.16. The van der Waals surface area contributed by atoms with E-state index in [4.69, 9.17) is 11.6 Å². The molecule has 0 aliphatic rings. The lowest BCUT2D eigenvalue weighted by molar-refractivity contribution is 0.235. The molecular formula is C16H27ClN2. The van der Waals surface area contributed by atoms with Gasteiger partial charge in [-0.05, 0) is 43.8 Å². The molecule has 3 heteroatoms. The van der Waals surface area contributed by atoms with Crippen molar-refractivity contribution in [3.63, 3.8) is 0 Å². The first-order valence-corrected chi connectivity index (χ1v) is 7.68. The number of rotatable bonds is 8. The molecule has 0 spiro atoms. The van der Waals surface area contributed by atoms with Crippen molar-refractivity contribution in [1.29, 1.82) is 0 Å². The first kappa shape index (κ1) is 16.5. The van der Waals surface area contributed by atoms with Gasteiger partial charge in [-0.1, -0.05) is 45.4 Å². The minimum absolute atomic E-state index is 0.640. The van der Waals surface area contributed by atoms with Crippen LogP contribution >= 0.6 is 11.6 Å². The maximum Gasteiger partial charge on any atom is 0.133 e. The predicted molar refractivity (Wildman–Crippen MR) is 83.4 cm³/mol. The Bertz CT molecular complexity index is 352. The summed E-state index contributed by atoms with van der Waals surface area (Å²) < 4.78 is 0. The van der Waals surface area contributed by atoms with Gasteiger partial charge in [0.25, 0.3) is 0 Å². The first-order valence-electron chi connectivity index (χ1n) is 7.30. The zero-order valence-electron chi connectivity index (χ0n) is 12.7. The van der Waals surface area contributed by atoms with Crippen LogP contribution in [-0.4, -0.2) is 23.0 Å². The quantitative estimate of drug-likeness (QED) is 0.646. The predicted octanol–water partition coefficient (Wildman–Crippen LogP) is 4.63. The van der Waals surface area contributed by atoms with E-state index >= 15 is 0 Å². The van der Waals surface area contributed by atoms with E-state index in [1.807, 2.05) is 6.07 Å². The zero-order chi connectivity index (χ0) is 14.3. The average Bonchev–Trinajstić information content (AvgIpc) is 2.34. The Kier molecular flexibility index (Phi) is 7.40. The van der Waals surface area contributed by atoms with E-state index in [-0.39, 0.29) is 0 Å². The number of aromatic nitrogens is 1. The van der Waals surface area contributed by atoms with Gasteiger partial charge in [-0.15, -0.1) is 0 Å². The Morgan fingerprint density at radius 2 is 1.68 bits per heavy atom. The lowest BCUT2D eigenvalue weighted by Crippen LogP contribution is -2.27. The Morgan fingerprint density at radius 1 is 1.11 bits per heavy atom. The Balaban J connectivity index is 2.59. The molecule has 1 rings (SSSR count). The van der Waals surface area contributed by atoms with Crippen molar-refractivity contribution in [1.82, 2.24) is 9.88 Å². The molecule has 1 aromatic rings. The third-order valence-corrected chi connectivity index (χ3v) is 3.62. The van der Waals surface area contributed by atoms with Crippen LogP contribution in [0.1, 0.15) is 46.1 Å². The van der Waals surface area contributed by atoms with E-state index in [1.165, 1.54) is 12.8 Å². The third-order valence-electron chi connectivity index (χ3n) is 3.28. The smallest absolute Gasteiger partial charge is 0.133 e. The van der Waals surface area contributed by atoms with Crippen LogP contribution in [0.25, 0.3) is 0 Å². The highest BCUT2D eigenvalue weighted by molar-refractivity contribution is 6.30. The SMILES string of the molecule is CC(C)CCN(CCC(C)C)Cc1cccnc1Cl. The van der Waals surface area contributed by atoms with Gasteiger partial charge >= 0.3 is 0 Å². The van der Waals surface area contributed by atoms with E-state index in [0.717, 1.165) is 37.0 Å². The molecule has 19 heavy (non-hydrogen) atoms. The molecule has 0 aromatic carbocycles. The largest absolute Gasteiger partial charge is 0.299 e. The van der Waals surface area contributed by atoms with Crippen molar-refractivity contribution >= 4 is 11.6 Å². The highest BCUT2D eigenvalue weighted by Gasteiger charge is 2.10. The average molecular weight is 283 g/mol. The fraction of sp³-hybridized carbons (Fsp3) is 0.688. The maximum absolute atomic E-state index is 6.16. The summed E-state index contributed by atoms with van der Waals surface area (Å²) in [6.45, 7) is 12.3. The lowest BCUT2D eigenvalue weighted by atomic mass is 10.1. The fourth-order valence-corrected chi connectivity index (χ4v) is 2.11. The van der Waals surface area contributed by atoms with E-state index in [9.17, 15) is 0 Å². The summed E-state index contributed by atoms with van der Waals surface area (Å²) in [6, 6.07) is 4.04. The van der Waals surface area contributed by atoms with Crippen molar-refractivity contribution in [3.8, 4) is 0 Å². The second-order valence-corrected chi connectivity index (χ2v) is 6.45. The standard InChI is InChI=1S/C16H27ClN2/c1-13(2)7-10-19(11-8-14(3)4)12-15-6-5-9-18-16(15)17/h5-6,9,13-14H,7-8,10-12H2,1-4H3. The van der Waals surface area contributed by atoms with Gasteiger partial charge in [-0.25, -0.2) is 4.98 Å². The van der Waals surface area contributed by atoms with Crippen molar-refractivity contribution in [3.05, 3.63) is 29.0 Å². The summed E-state index contributed by atoms with van der Waals surface area (Å²) in [5.41, 5.74) is 1.14. The second-order valence-electron chi connectivity index (χ2n) is 6.09. The topological polar surface area (TPSA) is 16.1 Å². The highest BCUT2D eigenvalue weighted by atomic mass is 35.5. The first-order chi connectivity index (χ1) is 8.99. The second kappa shape index (κ2) is 8.55. The normalized spacial score (nSPS) is 11.8. The molecule has 0 saturated heterocycles. The van der Waals surface area contributed by atoms with Crippen molar-refractivity contribution in [2.24, 2.45) is 11.8 Å². The van der Waals surface area contributed by atoms with Crippen LogP contribution in [0.5, 0.6) is 0 Å². The number of nitrogens with zero attached hydrogens (tertiary/aromatic N) is 2. The minimum Gasteiger partial charge on any atom is -0.299 e. The van der Waals surface area contributed by atoms with Crippen LogP contribution in [-0.2, 0) is 6.54 Å². The molecule has 0 saturated carbocycles. The van der Waals surface area contributed by atoms with Crippen molar-refractivity contribution in [2.75, 3.05) is 13.1 Å². The Labute approximate surface area is 123 Å². The molecule has 108 valence electrons. The lowest BCUT2D eigenvalue weighted by Gasteiger charge is -2.24. The third kappa shape index (κ3) is 6.93. The Morgan fingerprint density at radius 3 is 2.16 bits per heavy atom. The van der Waals surface area contributed by atoms with Gasteiger partial charge in [0.2, 0.25) is 0 Å². The number of hydrogen-bond acceptors (Lipinski definition) is 2. The summed E-state index contributed by atoms with van der Waals surface area (Å²) in [4.78, 5) is 6.66. The molecule has 0 aliphatic heterocycles. The molecule has 0 atom stereocenters. The van der Waals surface area contributed by atoms with Crippen LogP contribution < -0.4 is 0 Å². The summed E-state index contributed by atoms with van der Waals surface area (Å²) in [7, 11) is 0. The molecule has 0 fully saturated rings. The summed E-state index contributed by atoms with van der Waals surface area (Å²) in [6.07, 6.45) is 4.21. The molecular weight excluding hydrogens is 256 g/mol. The molecule has 0 N–H and O–H groups in total. The van der Waals surface area contributed by atoms with E-state index < -0.39 is 0 Å². The van der Waals surface area contributed by atoms with Gasteiger partial charge < -0.3 is 0 Å². The molecule has 2 nitrogen and oxygen atoms in total. The molecule has 0 aliphatic carbocycles. The van der Waals surface area contributed by atoms with Crippen LogP contribution in [0.4, 0.5) is 0 Å². The van der Waals surface area contributed by atoms with Crippen molar-refractivity contribution in [2.45, 2.75) is 47.1 Å². The van der Waals surface area contributed by atoms with Gasteiger partial charge in [0.1, 0.15) is 5.15 Å². The molecule has 0 radical (unpaired) electrons. The number of halogens is 1. The van der Waals surface area contributed by atoms with Crippen LogP contribution in [0.15, 0.2) is 18.3 Å². The number of hydrogen-bond donors (Lipinski definition) is 0. The van der Waals surface area contributed by atoms with Gasteiger partial charge in [0.05, 0.1) is 0 Å². The molecule has 0 amide bonds. The monoisotopic (exact) mass is 282 g/mol. The van der Waals surface area contributed by atoms with E-state index in [1.54, 1.807) is 6.20 Å². The van der Waals surface area contributed by atoms with Crippen LogP contribution in [0.2, 0.25) is 5.15 Å². The van der Waals surface area contributed by atoms with Crippen LogP contribution in [0.3, 0.4) is 0 Å². The Hall–Kier alpha value is -0.600. The molecule has 1 aromatic heterocycles. The minimum atomic E-state index is 0.640. The zero-order valence-corrected chi connectivity index (χ0v) is 13.5. The molecule has 0 bridgehead atoms. The summed E-state index contributed by atoms with van der Waals surface area (Å²) in [5.74, 6) is 1.48. The van der Waals surface area contributed by atoms with Gasteiger partial charge in [-0.3, -0.25) is 4.90 Å². The van der Waals surface area contributed by atoms with Gasteiger partial charge in [0.15, 0.2) is 0 Å².